The van der Waals surface area contributed by atoms with Crippen molar-refractivity contribution in [2.75, 3.05) is 18.0 Å². The van der Waals surface area contributed by atoms with Gasteiger partial charge in [0.25, 0.3) is 0 Å². The summed E-state index contributed by atoms with van der Waals surface area (Å²) in [7, 11) is 0. The summed E-state index contributed by atoms with van der Waals surface area (Å²) in [5.74, 6) is 0.176. The van der Waals surface area contributed by atoms with E-state index < -0.39 is 0 Å². The zero-order chi connectivity index (χ0) is 9.26. The maximum atomic E-state index is 11.1. The molecule has 0 spiro atoms. The van der Waals surface area contributed by atoms with E-state index in [0.29, 0.717) is 0 Å². The SMILES string of the molecule is CC(=O)c1cc(N2CCCC2)cs1. The molecule has 3 heteroatoms. The number of nitrogens with zero attached hydrogens (tertiary/aromatic N) is 1. The summed E-state index contributed by atoms with van der Waals surface area (Å²) in [6.07, 6.45) is 2.57. The second-order valence-electron chi connectivity index (χ2n) is 3.42. The number of hydrogen-bond donors (Lipinski definition) is 0. The molecule has 0 radical (unpaired) electrons. The molecule has 2 heterocycles. The van der Waals surface area contributed by atoms with Crippen LogP contribution >= 0.6 is 11.3 Å². The first kappa shape index (κ1) is 8.75. The third-order valence-electron chi connectivity index (χ3n) is 2.40. The third-order valence-corrected chi connectivity index (χ3v) is 3.42. The average Bonchev–Trinajstić information content (AvgIpc) is 2.75. The number of ketones is 1. The van der Waals surface area contributed by atoms with Gasteiger partial charge in [0, 0.05) is 24.2 Å². The van der Waals surface area contributed by atoms with Crippen LogP contribution in [0, 0.1) is 0 Å². The van der Waals surface area contributed by atoms with Crippen LogP contribution in [0.2, 0.25) is 0 Å². The largest absolute Gasteiger partial charge is 0.371 e. The van der Waals surface area contributed by atoms with Gasteiger partial charge in [-0.3, -0.25) is 4.79 Å². The van der Waals surface area contributed by atoms with Crippen molar-refractivity contribution in [3.63, 3.8) is 0 Å². The third kappa shape index (κ3) is 1.75. The summed E-state index contributed by atoms with van der Waals surface area (Å²) >= 11 is 1.55. The second-order valence-corrected chi connectivity index (χ2v) is 4.33. The first-order valence-electron chi connectivity index (χ1n) is 4.62. The van der Waals surface area contributed by atoms with Crippen LogP contribution in [-0.4, -0.2) is 18.9 Å². The minimum absolute atomic E-state index is 0.176. The predicted octanol–water partition coefficient (Wildman–Crippen LogP) is 2.55. The molecule has 0 aliphatic carbocycles. The van der Waals surface area contributed by atoms with Gasteiger partial charge in [-0.1, -0.05) is 0 Å². The number of carbonyl (C=O) groups excluding carboxylic acids is 1. The molecule has 1 aliphatic rings. The van der Waals surface area contributed by atoms with E-state index in [4.69, 9.17) is 0 Å². The monoisotopic (exact) mass is 195 g/mol. The molecule has 1 aliphatic heterocycles. The van der Waals surface area contributed by atoms with Crippen LogP contribution in [0.5, 0.6) is 0 Å². The van der Waals surface area contributed by atoms with E-state index in [1.807, 2.05) is 6.07 Å². The van der Waals surface area contributed by atoms with Gasteiger partial charge < -0.3 is 4.90 Å². The van der Waals surface area contributed by atoms with Crippen molar-refractivity contribution in [2.24, 2.45) is 0 Å². The molecular formula is C10H13NOS. The van der Waals surface area contributed by atoms with Gasteiger partial charge in [0.1, 0.15) is 0 Å². The highest BCUT2D eigenvalue weighted by molar-refractivity contribution is 7.12. The van der Waals surface area contributed by atoms with Crippen LogP contribution in [0.4, 0.5) is 5.69 Å². The molecule has 0 aromatic carbocycles. The van der Waals surface area contributed by atoms with Crippen molar-refractivity contribution >= 4 is 22.8 Å². The molecule has 0 atom stereocenters. The Bertz CT molecular complexity index is 312. The maximum absolute atomic E-state index is 11.1. The topological polar surface area (TPSA) is 20.3 Å². The Labute approximate surface area is 82.2 Å². The van der Waals surface area contributed by atoms with E-state index in [9.17, 15) is 4.79 Å². The molecule has 2 rings (SSSR count). The first-order chi connectivity index (χ1) is 6.27. The van der Waals surface area contributed by atoms with Gasteiger partial charge in [-0.15, -0.1) is 11.3 Å². The molecule has 0 N–H and O–H groups in total. The van der Waals surface area contributed by atoms with Crippen molar-refractivity contribution in [1.82, 2.24) is 0 Å². The predicted molar refractivity (Wildman–Crippen MR) is 55.8 cm³/mol. The molecule has 0 saturated carbocycles. The lowest BCUT2D eigenvalue weighted by molar-refractivity contribution is 0.102. The minimum Gasteiger partial charge on any atom is -0.371 e. The Morgan fingerprint density at radius 3 is 2.69 bits per heavy atom. The summed E-state index contributed by atoms with van der Waals surface area (Å²) in [6.45, 7) is 3.92. The van der Waals surface area contributed by atoms with Crippen LogP contribution in [0.1, 0.15) is 29.4 Å². The van der Waals surface area contributed by atoms with Crippen molar-refractivity contribution in [1.29, 1.82) is 0 Å². The number of thiophene rings is 1. The molecule has 1 aromatic rings. The second kappa shape index (κ2) is 3.50. The highest BCUT2D eigenvalue weighted by Gasteiger charge is 2.14. The fraction of sp³-hybridized carbons (Fsp3) is 0.500. The fourth-order valence-corrected chi connectivity index (χ4v) is 2.47. The van der Waals surface area contributed by atoms with Gasteiger partial charge in [-0.2, -0.15) is 0 Å². The Morgan fingerprint density at radius 2 is 2.15 bits per heavy atom. The Balaban J connectivity index is 2.16. The zero-order valence-electron chi connectivity index (χ0n) is 7.75. The molecule has 1 fully saturated rings. The summed E-state index contributed by atoms with van der Waals surface area (Å²) in [6, 6.07) is 2.01. The number of carbonyl (C=O) groups is 1. The quantitative estimate of drug-likeness (QED) is 0.676. The molecule has 1 saturated heterocycles. The standard InChI is InChI=1S/C10H13NOS/c1-8(12)10-6-9(7-13-10)11-4-2-3-5-11/h6-7H,2-5H2,1H3. The molecule has 0 bridgehead atoms. The average molecular weight is 195 g/mol. The summed E-state index contributed by atoms with van der Waals surface area (Å²) in [5, 5.41) is 2.09. The molecule has 13 heavy (non-hydrogen) atoms. The van der Waals surface area contributed by atoms with E-state index in [1.165, 1.54) is 18.5 Å². The Morgan fingerprint density at radius 1 is 1.46 bits per heavy atom. The van der Waals surface area contributed by atoms with Crippen LogP contribution in [0.15, 0.2) is 11.4 Å². The van der Waals surface area contributed by atoms with Gasteiger partial charge in [-0.25, -0.2) is 0 Å². The van der Waals surface area contributed by atoms with Gasteiger partial charge in [-0.05, 0) is 25.8 Å². The van der Waals surface area contributed by atoms with Gasteiger partial charge >= 0.3 is 0 Å². The van der Waals surface area contributed by atoms with Crippen molar-refractivity contribution in [2.45, 2.75) is 19.8 Å². The minimum atomic E-state index is 0.176. The number of hydrogen-bond acceptors (Lipinski definition) is 3. The Hall–Kier alpha value is -0.830. The van der Waals surface area contributed by atoms with Crippen LogP contribution < -0.4 is 4.90 Å². The van der Waals surface area contributed by atoms with Gasteiger partial charge in [0.2, 0.25) is 0 Å². The maximum Gasteiger partial charge on any atom is 0.169 e. The van der Waals surface area contributed by atoms with E-state index in [1.54, 1.807) is 18.3 Å². The molecule has 2 nitrogen and oxygen atoms in total. The molecular weight excluding hydrogens is 182 g/mol. The van der Waals surface area contributed by atoms with Crippen molar-refractivity contribution in [3.05, 3.63) is 16.3 Å². The molecule has 1 aromatic heterocycles. The number of anilines is 1. The molecule has 70 valence electrons. The lowest BCUT2D eigenvalue weighted by atomic mass is 10.3. The van der Waals surface area contributed by atoms with Gasteiger partial charge in [0.15, 0.2) is 5.78 Å². The van der Waals surface area contributed by atoms with Crippen molar-refractivity contribution in [3.8, 4) is 0 Å². The fourth-order valence-electron chi connectivity index (χ4n) is 1.65. The summed E-state index contributed by atoms with van der Waals surface area (Å²) < 4.78 is 0. The van der Waals surface area contributed by atoms with E-state index in [0.717, 1.165) is 18.0 Å². The highest BCUT2D eigenvalue weighted by Crippen LogP contribution is 2.26. The van der Waals surface area contributed by atoms with Gasteiger partial charge in [0.05, 0.1) is 4.88 Å². The smallest absolute Gasteiger partial charge is 0.169 e. The number of Topliss-reactive ketones (excluding diaryl/α,β-unsaturated/α-hetero) is 1. The van der Waals surface area contributed by atoms with Crippen LogP contribution in [0.3, 0.4) is 0 Å². The van der Waals surface area contributed by atoms with Crippen LogP contribution in [0.25, 0.3) is 0 Å². The molecule has 0 unspecified atom stereocenters. The van der Waals surface area contributed by atoms with Crippen molar-refractivity contribution < 1.29 is 4.79 Å². The Kier molecular flexibility index (Phi) is 2.36. The van der Waals surface area contributed by atoms with E-state index in [2.05, 4.69) is 10.3 Å². The highest BCUT2D eigenvalue weighted by atomic mass is 32.1. The zero-order valence-corrected chi connectivity index (χ0v) is 8.56. The summed E-state index contributed by atoms with van der Waals surface area (Å²) in [4.78, 5) is 14.3. The lowest BCUT2D eigenvalue weighted by Crippen LogP contribution is -2.16. The lowest BCUT2D eigenvalue weighted by Gasteiger charge is -2.14. The first-order valence-corrected chi connectivity index (χ1v) is 5.50. The number of rotatable bonds is 2. The van der Waals surface area contributed by atoms with Crippen LogP contribution in [-0.2, 0) is 0 Å². The van der Waals surface area contributed by atoms with E-state index in [-0.39, 0.29) is 5.78 Å². The van der Waals surface area contributed by atoms with E-state index >= 15 is 0 Å². The molecule has 0 amide bonds. The summed E-state index contributed by atoms with van der Waals surface area (Å²) in [5.41, 5.74) is 1.23. The normalized spacial score (nSPS) is 16.5.